The van der Waals surface area contributed by atoms with Gasteiger partial charge in [0.05, 0.1) is 33.0 Å². The molecule has 0 amide bonds. The van der Waals surface area contributed by atoms with E-state index in [9.17, 15) is 0 Å². The zero-order valence-corrected chi connectivity index (χ0v) is 13.8. The number of anilines is 1. The molecule has 0 fully saturated rings. The lowest BCUT2D eigenvalue weighted by Gasteiger charge is -2.08. The second-order valence-electron chi connectivity index (χ2n) is 4.75. The van der Waals surface area contributed by atoms with Crippen molar-refractivity contribution in [2.45, 2.75) is 19.8 Å². The molecule has 0 radical (unpaired) electrons. The first-order valence-corrected chi connectivity index (χ1v) is 8.00. The normalized spacial score (nSPS) is 10.6. The SMILES string of the molecule is CCOCCOCCOCCCCOc1ccc(NC)cc1. The second-order valence-corrected chi connectivity index (χ2v) is 4.75. The third kappa shape index (κ3) is 9.60. The molecule has 1 aromatic rings. The monoisotopic (exact) mass is 311 g/mol. The maximum atomic E-state index is 5.67. The van der Waals surface area contributed by atoms with Crippen LogP contribution < -0.4 is 10.1 Å². The Morgan fingerprint density at radius 1 is 0.773 bits per heavy atom. The predicted octanol–water partition coefficient (Wildman–Crippen LogP) is 2.96. The Kier molecular flexibility index (Phi) is 11.4. The fourth-order valence-electron chi connectivity index (χ4n) is 1.80. The molecule has 22 heavy (non-hydrogen) atoms. The summed E-state index contributed by atoms with van der Waals surface area (Å²) in [4.78, 5) is 0. The molecule has 0 aliphatic carbocycles. The van der Waals surface area contributed by atoms with Crippen molar-refractivity contribution in [3.05, 3.63) is 24.3 Å². The molecule has 1 rings (SSSR count). The lowest BCUT2D eigenvalue weighted by molar-refractivity contribution is 0.0159. The Morgan fingerprint density at radius 2 is 1.36 bits per heavy atom. The Hall–Kier alpha value is -1.30. The average molecular weight is 311 g/mol. The van der Waals surface area contributed by atoms with Crippen molar-refractivity contribution < 1.29 is 18.9 Å². The van der Waals surface area contributed by atoms with E-state index < -0.39 is 0 Å². The zero-order chi connectivity index (χ0) is 15.9. The van der Waals surface area contributed by atoms with E-state index in [1.807, 2.05) is 38.2 Å². The van der Waals surface area contributed by atoms with Crippen LogP contribution in [-0.4, -0.2) is 53.3 Å². The molecule has 0 bridgehead atoms. The van der Waals surface area contributed by atoms with Crippen LogP contribution in [-0.2, 0) is 14.2 Å². The highest BCUT2D eigenvalue weighted by atomic mass is 16.5. The quantitative estimate of drug-likeness (QED) is 0.535. The third-order valence-electron chi connectivity index (χ3n) is 3.04. The first-order chi connectivity index (χ1) is 10.9. The average Bonchev–Trinajstić information content (AvgIpc) is 2.56. The van der Waals surface area contributed by atoms with Crippen molar-refractivity contribution in [1.82, 2.24) is 0 Å². The van der Waals surface area contributed by atoms with Crippen molar-refractivity contribution in [2.24, 2.45) is 0 Å². The van der Waals surface area contributed by atoms with Crippen LogP contribution >= 0.6 is 0 Å². The minimum Gasteiger partial charge on any atom is -0.494 e. The number of ether oxygens (including phenoxy) is 4. The summed E-state index contributed by atoms with van der Waals surface area (Å²) in [5.41, 5.74) is 1.09. The molecule has 0 spiro atoms. The zero-order valence-electron chi connectivity index (χ0n) is 13.8. The molecule has 0 aliphatic heterocycles. The van der Waals surface area contributed by atoms with Gasteiger partial charge in [-0.2, -0.15) is 0 Å². The molecule has 0 aromatic heterocycles. The van der Waals surface area contributed by atoms with E-state index in [0.717, 1.165) is 37.5 Å². The van der Waals surface area contributed by atoms with Crippen molar-refractivity contribution in [1.29, 1.82) is 0 Å². The number of hydrogen-bond donors (Lipinski definition) is 1. The van der Waals surface area contributed by atoms with E-state index in [1.165, 1.54) is 0 Å². The van der Waals surface area contributed by atoms with Gasteiger partial charge in [0.2, 0.25) is 0 Å². The fourth-order valence-corrected chi connectivity index (χ4v) is 1.80. The molecule has 1 N–H and O–H groups in total. The Morgan fingerprint density at radius 3 is 2.00 bits per heavy atom. The van der Waals surface area contributed by atoms with Gasteiger partial charge in [0.25, 0.3) is 0 Å². The highest BCUT2D eigenvalue weighted by molar-refractivity contribution is 5.45. The first kappa shape index (κ1) is 18.7. The summed E-state index contributed by atoms with van der Waals surface area (Å²) in [5, 5.41) is 3.08. The summed E-state index contributed by atoms with van der Waals surface area (Å²) < 4.78 is 21.7. The topological polar surface area (TPSA) is 49.0 Å². The van der Waals surface area contributed by atoms with E-state index >= 15 is 0 Å². The lowest BCUT2D eigenvalue weighted by atomic mass is 10.3. The van der Waals surface area contributed by atoms with Gasteiger partial charge in [-0.05, 0) is 44.0 Å². The molecule has 1 aromatic carbocycles. The van der Waals surface area contributed by atoms with Crippen LogP contribution in [0.4, 0.5) is 5.69 Å². The summed E-state index contributed by atoms with van der Waals surface area (Å²) in [6.45, 7) is 6.73. The van der Waals surface area contributed by atoms with E-state index in [0.29, 0.717) is 33.0 Å². The van der Waals surface area contributed by atoms with Crippen molar-refractivity contribution in [2.75, 3.05) is 58.6 Å². The summed E-state index contributed by atoms with van der Waals surface area (Å²) in [7, 11) is 1.90. The molecule has 5 heteroatoms. The minimum atomic E-state index is 0.626. The number of hydrogen-bond acceptors (Lipinski definition) is 5. The summed E-state index contributed by atoms with van der Waals surface area (Å²) >= 11 is 0. The van der Waals surface area contributed by atoms with Crippen LogP contribution in [0.5, 0.6) is 5.75 Å². The van der Waals surface area contributed by atoms with Gasteiger partial charge in [0, 0.05) is 25.9 Å². The number of rotatable bonds is 14. The Balaban J connectivity index is 1.85. The number of nitrogens with one attached hydrogen (secondary N) is 1. The van der Waals surface area contributed by atoms with Gasteiger partial charge in [-0.15, -0.1) is 0 Å². The van der Waals surface area contributed by atoms with Gasteiger partial charge in [-0.1, -0.05) is 0 Å². The van der Waals surface area contributed by atoms with E-state index in [-0.39, 0.29) is 0 Å². The standard InChI is InChI=1S/C17H29NO4/c1-3-19-12-13-21-15-14-20-10-4-5-11-22-17-8-6-16(18-2)7-9-17/h6-9,18H,3-5,10-15H2,1-2H3. The van der Waals surface area contributed by atoms with Crippen LogP contribution in [0.25, 0.3) is 0 Å². The van der Waals surface area contributed by atoms with Crippen molar-refractivity contribution in [3.63, 3.8) is 0 Å². The molecular formula is C17H29NO4. The van der Waals surface area contributed by atoms with Gasteiger partial charge in [-0.25, -0.2) is 0 Å². The molecule has 0 saturated carbocycles. The molecule has 0 unspecified atom stereocenters. The second kappa shape index (κ2) is 13.4. The maximum absolute atomic E-state index is 5.67. The van der Waals surface area contributed by atoms with Crippen LogP contribution in [0.2, 0.25) is 0 Å². The van der Waals surface area contributed by atoms with E-state index in [2.05, 4.69) is 5.32 Å². The largest absolute Gasteiger partial charge is 0.494 e. The van der Waals surface area contributed by atoms with Gasteiger partial charge in [0.1, 0.15) is 5.75 Å². The molecule has 0 aliphatic rings. The highest BCUT2D eigenvalue weighted by Crippen LogP contribution is 2.15. The first-order valence-electron chi connectivity index (χ1n) is 8.00. The van der Waals surface area contributed by atoms with Gasteiger partial charge in [0.15, 0.2) is 0 Å². The molecule has 0 atom stereocenters. The fraction of sp³-hybridized carbons (Fsp3) is 0.647. The summed E-state index contributed by atoms with van der Waals surface area (Å²) in [5.74, 6) is 0.905. The lowest BCUT2D eigenvalue weighted by Crippen LogP contribution is -2.10. The molecule has 0 heterocycles. The van der Waals surface area contributed by atoms with Gasteiger partial charge in [-0.3, -0.25) is 0 Å². The molecule has 0 saturated heterocycles. The van der Waals surface area contributed by atoms with Gasteiger partial charge >= 0.3 is 0 Å². The number of benzene rings is 1. The Labute approximate surface area is 133 Å². The van der Waals surface area contributed by atoms with Gasteiger partial charge < -0.3 is 24.3 Å². The Bertz CT molecular complexity index is 356. The van der Waals surface area contributed by atoms with Crippen molar-refractivity contribution in [3.8, 4) is 5.75 Å². The van der Waals surface area contributed by atoms with Crippen LogP contribution in [0, 0.1) is 0 Å². The maximum Gasteiger partial charge on any atom is 0.119 e. The summed E-state index contributed by atoms with van der Waals surface area (Å²) in [6, 6.07) is 7.96. The minimum absolute atomic E-state index is 0.626. The van der Waals surface area contributed by atoms with Crippen molar-refractivity contribution >= 4 is 5.69 Å². The van der Waals surface area contributed by atoms with E-state index in [1.54, 1.807) is 0 Å². The van der Waals surface area contributed by atoms with Crippen LogP contribution in [0.3, 0.4) is 0 Å². The van der Waals surface area contributed by atoms with E-state index in [4.69, 9.17) is 18.9 Å². The predicted molar refractivity (Wildman–Crippen MR) is 88.8 cm³/mol. The highest BCUT2D eigenvalue weighted by Gasteiger charge is 1.95. The van der Waals surface area contributed by atoms with Crippen LogP contribution in [0.1, 0.15) is 19.8 Å². The molecular weight excluding hydrogens is 282 g/mol. The third-order valence-corrected chi connectivity index (χ3v) is 3.04. The molecule has 5 nitrogen and oxygen atoms in total. The molecule has 126 valence electrons. The number of unbranched alkanes of at least 4 members (excludes halogenated alkanes) is 1. The smallest absolute Gasteiger partial charge is 0.119 e. The summed E-state index contributed by atoms with van der Waals surface area (Å²) in [6.07, 6.45) is 1.98. The van der Waals surface area contributed by atoms with Crippen LogP contribution in [0.15, 0.2) is 24.3 Å².